The van der Waals surface area contributed by atoms with E-state index in [0.717, 1.165) is 5.56 Å². The molecule has 0 aliphatic carbocycles. The third-order valence-corrected chi connectivity index (χ3v) is 1.94. The van der Waals surface area contributed by atoms with E-state index in [9.17, 15) is 4.21 Å². The highest BCUT2D eigenvalue weighted by atomic mass is 32.2. The average Bonchev–Trinajstić information content (AvgIpc) is 2.54. The summed E-state index contributed by atoms with van der Waals surface area (Å²) in [6.07, 6.45) is 0. The fraction of sp³-hybridized carbons (Fsp3) is 0. The molecule has 0 bridgehead atoms. The molecule has 0 amide bonds. The Morgan fingerprint density at radius 3 is 2.83 bits per heavy atom. The van der Waals surface area contributed by atoms with Crippen molar-refractivity contribution in [3.63, 3.8) is 0 Å². The van der Waals surface area contributed by atoms with Crippen LogP contribution >= 0.6 is 0 Å². The van der Waals surface area contributed by atoms with Crippen molar-refractivity contribution >= 4 is 17.1 Å². The van der Waals surface area contributed by atoms with Gasteiger partial charge in [0.15, 0.2) is 5.84 Å². The molecule has 61 valence electrons. The van der Waals surface area contributed by atoms with E-state index in [-0.39, 0.29) is 0 Å². The van der Waals surface area contributed by atoms with Crippen molar-refractivity contribution in [2.75, 3.05) is 0 Å². The van der Waals surface area contributed by atoms with E-state index in [0.29, 0.717) is 5.84 Å². The number of amidine groups is 1. The predicted octanol–water partition coefficient (Wildman–Crippen LogP) is 0.347. The van der Waals surface area contributed by atoms with Crippen LogP contribution in [0.25, 0.3) is 0 Å². The monoisotopic (exact) mass is 181 g/mol. The summed E-state index contributed by atoms with van der Waals surface area (Å²) in [5.74, 6) is 0.488. The van der Waals surface area contributed by atoms with E-state index in [4.69, 9.17) is 0 Å². The minimum atomic E-state index is -1.52. The van der Waals surface area contributed by atoms with Crippen molar-refractivity contribution in [2.45, 2.75) is 0 Å². The lowest BCUT2D eigenvalue weighted by Crippen LogP contribution is -2.19. The fourth-order valence-corrected chi connectivity index (χ4v) is 1.34. The molecule has 2 rings (SSSR count). The van der Waals surface area contributed by atoms with Gasteiger partial charge >= 0.3 is 11.3 Å². The molecule has 1 aromatic rings. The molecule has 1 aliphatic rings. The molecule has 1 atom stereocenters. The van der Waals surface area contributed by atoms with Crippen molar-refractivity contribution in [2.24, 2.45) is 5.16 Å². The Morgan fingerprint density at radius 2 is 2.25 bits per heavy atom. The smallest absolute Gasteiger partial charge is 0.269 e. The largest absolute Gasteiger partial charge is 0.338 e. The maximum absolute atomic E-state index is 10.7. The Balaban J connectivity index is 2.28. The van der Waals surface area contributed by atoms with Crippen LogP contribution in [-0.2, 0) is 15.6 Å². The molecule has 0 saturated carbocycles. The Morgan fingerprint density at radius 1 is 1.50 bits per heavy atom. The summed E-state index contributed by atoms with van der Waals surface area (Å²) >= 11 is -1.52. The van der Waals surface area contributed by atoms with E-state index in [2.05, 4.69) is 20.2 Å². The molecular weight excluding hydrogens is 176 g/mol. The lowest BCUT2D eigenvalue weighted by atomic mass is 10.2. The second-order valence-electron chi connectivity index (χ2n) is 2.14. The van der Waals surface area contributed by atoms with Gasteiger partial charge < -0.3 is 0 Å². The molecule has 1 aliphatic heterocycles. The van der Waals surface area contributed by atoms with E-state index < -0.39 is 11.3 Å². The van der Waals surface area contributed by atoms with Gasteiger partial charge in [-0.2, -0.15) is 4.21 Å². The predicted molar refractivity (Wildman–Crippen MR) is 44.2 cm³/mol. The highest BCUT2D eigenvalue weighted by molar-refractivity contribution is 7.79. The van der Waals surface area contributed by atoms with Crippen molar-refractivity contribution < 1.29 is 8.49 Å². The zero-order chi connectivity index (χ0) is 8.39. The van der Waals surface area contributed by atoms with Crippen molar-refractivity contribution in [3.8, 4) is 0 Å². The van der Waals surface area contributed by atoms with Gasteiger partial charge in [-0.05, 0) is 11.2 Å². The van der Waals surface area contributed by atoms with Crippen LogP contribution in [0.1, 0.15) is 5.56 Å². The second kappa shape index (κ2) is 2.94. The van der Waals surface area contributed by atoms with Gasteiger partial charge in [-0.25, -0.2) is 0 Å². The minimum Gasteiger partial charge on any atom is -0.269 e. The molecule has 4 nitrogen and oxygen atoms in total. The van der Waals surface area contributed by atoms with Crippen LogP contribution in [0.4, 0.5) is 0 Å². The van der Waals surface area contributed by atoms with Crippen molar-refractivity contribution in [1.29, 1.82) is 0 Å². The van der Waals surface area contributed by atoms with Gasteiger partial charge in [0.1, 0.15) is 0 Å². The highest BCUT2D eigenvalue weighted by Crippen LogP contribution is 2.04. The number of hydrogen-bond acceptors (Lipinski definition) is 3. The number of nitrogens with one attached hydrogen (secondary N) is 1. The van der Waals surface area contributed by atoms with Gasteiger partial charge in [0.25, 0.3) is 0 Å². The lowest BCUT2D eigenvalue weighted by Gasteiger charge is -1.94. The molecule has 1 radical (unpaired) electrons. The van der Waals surface area contributed by atoms with Gasteiger partial charge in [-0.3, -0.25) is 9.01 Å². The third-order valence-electron chi connectivity index (χ3n) is 1.37. The number of benzene rings is 1. The maximum atomic E-state index is 10.7. The Bertz CT molecular complexity index is 337. The topological polar surface area (TPSA) is 50.7 Å². The summed E-state index contributed by atoms with van der Waals surface area (Å²) in [6.45, 7) is 0. The fourth-order valence-electron chi connectivity index (χ4n) is 0.844. The third kappa shape index (κ3) is 1.31. The van der Waals surface area contributed by atoms with Gasteiger partial charge in [0.05, 0.1) is 0 Å². The van der Waals surface area contributed by atoms with Crippen LogP contribution < -0.4 is 4.72 Å². The van der Waals surface area contributed by atoms with Gasteiger partial charge in [0, 0.05) is 5.56 Å². The van der Waals surface area contributed by atoms with Gasteiger partial charge in [-0.15, -0.1) is 0 Å². The first-order valence-corrected chi connectivity index (χ1v) is 4.34. The lowest BCUT2D eigenvalue weighted by molar-refractivity contribution is 0.385. The molecule has 5 heteroatoms. The first-order valence-electron chi connectivity index (χ1n) is 3.27. The normalized spacial score (nSPS) is 21.0. The quantitative estimate of drug-likeness (QED) is 0.679. The average molecular weight is 181 g/mol. The molecule has 1 aromatic carbocycles. The molecular formula is C7H5N2O2S. The number of rotatable bonds is 1. The van der Waals surface area contributed by atoms with E-state index in [1.54, 1.807) is 24.3 Å². The summed E-state index contributed by atoms with van der Waals surface area (Å²) in [7, 11) is 0. The van der Waals surface area contributed by atoms with E-state index >= 15 is 0 Å². The molecule has 1 N–H and O–H groups in total. The van der Waals surface area contributed by atoms with Crippen molar-refractivity contribution in [3.05, 3.63) is 35.9 Å². The minimum absolute atomic E-state index is 0.488. The second-order valence-corrected chi connectivity index (χ2v) is 2.96. The summed E-state index contributed by atoms with van der Waals surface area (Å²) in [4.78, 5) is 0. The van der Waals surface area contributed by atoms with Crippen LogP contribution in [0.15, 0.2) is 29.4 Å². The molecule has 1 unspecified atom stereocenters. The highest BCUT2D eigenvalue weighted by Gasteiger charge is 2.15. The van der Waals surface area contributed by atoms with E-state index in [1.165, 1.54) is 0 Å². The first kappa shape index (κ1) is 7.30. The van der Waals surface area contributed by atoms with Crippen LogP contribution in [0.2, 0.25) is 0 Å². The standard InChI is InChI=1S/C7H5N2O2S/c10-12-9-7(8-11-12)6-4-2-1-3-5-6/h2-5H,(H,8,9). The summed E-state index contributed by atoms with van der Waals surface area (Å²) in [6, 6.07) is 9.98. The van der Waals surface area contributed by atoms with Crippen LogP contribution in [0.3, 0.4) is 0 Å². The SMILES string of the molecule is O=S1NC(c2cc[c]cc2)=NO1. The molecule has 1 heterocycles. The first-order chi connectivity index (χ1) is 5.86. The molecule has 0 fully saturated rings. The van der Waals surface area contributed by atoms with Crippen LogP contribution in [-0.4, -0.2) is 10.0 Å². The van der Waals surface area contributed by atoms with E-state index in [1.807, 2.05) is 0 Å². The van der Waals surface area contributed by atoms with Crippen molar-refractivity contribution in [1.82, 2.24) is 4.72 Å². The van der Waals surface area contributed by atoms with Crippen LogP contribution in [0.5, 0.6) is 0 Å². The molecule has 0 saturated heterocycles. The van der Waals surface area contributed by atoms with Crippen LogP contribution in [0, 0.1) is 6.07 Å². The zero-order valence-corrected chi connectivity index (χ0v) is 6.80. The zero-order valence-electron chi connectivity index (χ0n) is 5.98. The van der Waals surface area contributed by atoms with Gasteiger partial charge in [-0.1, -0.05) is 24.3 Å². The molecule has 0 aromatic heterocycles. The Kier molecular flexibility index (Phi) is 1.79. The Hall–Kier alpha value is -1.36. The molecule has 0 spiro atoms. The van der Waals surface area contributed by atoms with Gasteiger partial charge in [0.2, 0.25) is 0 Å². The summed E-state index contributed by atoms with van der Waals surface area (Å²) in [5.41, 5.74) is 0.833. The number of hydrogen-bond donors (Lipinski definition) is 1. The Labute approximate surface area is 72.0 Å². The number of oxime groups is 1. The molecule has 12 heavy (non-hydrogen) atoms. The summed E-state index contributed by atoms with van der Waals surface area (Å²) < 4.78 is 17.7. The number of nitrogens with zero attached hydrogens (tertiary/aromatic N) is 1. The summed E-state index contributed by atoms with van der Waals surface area (Å²) in [5, 5.41) is 3.58. The maximum Gasteiger partial charge on any atom is 0.338 e.